The summed E-state index contributed by atoms with van der Waals surface area (Å²) < 4.78 is 74.1. The summed E-state index contributed by atoms with van der Waals surface area (Å²) in [5, 5.41) is 2.67. The third-order valence-electron chi connectivity index (χ3n) is 7.31. The number of hydrogen-bond acceptors (Lipinski definition) is 4. The Bertz CT molecular complexity index is 1940. The van der Waals surface area contributed by atoms with E-state index in [1.807, 2.05) is 0 Å². The zero-order chi connectivity index (χ0) is 31.3. The van der Waals surface area contributed by atoms with Crippen LogP contribution >= 0.6 is 11.6 Å². The van der Waals surface area contributed by atoms with Crippen molar-refractivity contribution in [3.05, 3.63) is 123 Å². The van der Waals surface area contributed by atoms with Crippen LogP contribution in [0.1, 0.15) is 49.0 Å². The zero-order valence-electron chi connectivity index (χ0n) is 22.6. The molecule has 1 aromatic heterocycles. The summed E-state index contributed by atoms with van der Waals surface area (Å²) in [5.41, 5.74) is -0.200. The van der Waals surface area contributed by atoms with Crippen LogP contribution in [0.25, 0.3) is 11.0 Å². The van der Waals surface area contributed by atoms with Crippen LogP contribution in [0.3, 0.4) is 0 Å². The van der Waals surface area contributed by atoms with Crippen LogP contribution in [0, 0.1) is 11.6 Å². The number of fused-ring (bicyclic) bond motifs is 3. The number of hydrogen-bond donors (Lipinski definition) is 2. The topological polar surface area (TPSA) is 87.3 Å². The Morgan fingerprint density at radius 3 is 2.50 bits per heavy atom. The molecule has 44 heavy (non-hydrogen) atoms. The van der Waals surface area contributed by atoms with E-state index >= 15 is 0 Å². The summed E-state index contributed by atoms with van der Waals surface area (Å²) in [4.78, 5) is 36.1. The van der Waals surface area contributed by atoms with Crippen LogP contribution in [0.2, 0.25) is 5.02 Å². The predicted molar refractivity (Wildman–Crippen MR) is 152 cm³/mol. The molecule has 0 fully saturated rings. The lowest BCUT2D eigenvalue weighted by atomic mass is 9.94. The van der Waals surface area contributed by atoms with E-state index in [0.717, 1.165) is 6.07 Å². The van der Waals surface area contributed by atoms with Crippen molar-refractivity contribution in [2.45, 2.75) is 18.8 Å². The minimum atomic E-state index is -4.90. The van der Waals surface area contributed by atoms with Gasteiger partial charge in [0.2, 0.25) is 0 Å². The first-order valence-corrected chi connectivity index (χ1v) is 13.4. The molecule has 0 saturated heterocycles. The first-order chi connectivity index (χ1) is 20.9. The molecule has 0 spiro atoms. The van der Waals surface area contributed by atoms with Crippen LogP contribution in [-0.4, -0.2) is 33.8 Å². The van der Waals surface area contributed by atoms with E-state index in [9.17, 15) is 31.5 Å². The highest BCUT2D eigenvalue weighted by Crippen LogP contribution is 2.48. The lowest BCUT2D eigenvalue weighted by Gasteiger charge is -2.28. The van der Waals surface area contributed by atoms with Crippen LogP contribution in [0.4, 0.5) is 27.6 Å². The number of halogens is 6. The fourth-order valence-corrected chi connectivity index (χ4v) is 5.56. The highest BCUT2D eigenvalue weighted by atomic mass is 35.5. The fourth-order valence-electron chi connectivity index (χ4n) is 5.34. The van der Waals surface area contributed by atoms with Crippen LogP contribution in [0.15, 0.2) is 73.1 Å². The molecule has 1 unspecified atom stereocenters. The van der Waals surface area contributed by atoms with Gasteiger partial charge in [-0.3, -0.25) is 9.59 Å². The maximum absolute atomic E-state index is 14.6. The standard InChI is InChI=1S/C31H20ClF5N4O3/c1-44-20-5-2-15(3-6-20)13-41-28(21-11-18(33)4-7-22(21)32)25-23(12-24-27(39-14-38-24)26(25)30(41)43)40-29(42)16-8-17(31(35,36)37)10-19(34)9-16/h2-12,14,28H,13H2,1H3,(H,38,39)(H,40,42). The van der Waals surface area contributed by atoms with Crippen molar-refractivity contribution >= 4 is 40.1 Å². The minimum absolute atomic E-state index is 0.00970. The average Bonchev–Trinajstić information content (AvgIpc) is 3.56. The van der Waals surface area contributed by atoms with Gasteiger partial charge in [0.25, 0.3) is 11.8 Å². The monoisotopic (exact) mass is 626 g/mol. The number of nitrogens with zero attached hydrogens (tertiary/aromatic N) is 2. The molecule has 2 amide bonds. The van der Waals surface area contributed by atoms with Gasteiger partial charge in [-0.15, -0.1) is 0 Å². The molecule has 1 aliphatic heterocycles. The highest BCUT2D eigenvalue weighted by Gasteiger charge is 2.43. The van der Waals surface area contributed by atoms with Crippen molar-refractivity contribution in [1.29, 1.82) is 0 Å². The number of methoxy groups -OCH3 is 1. The maximum atomic E-state index is 14.6. The van der Waals surface area contributed by atoms with E-state index < -0.39 is 46.8 Å². The third-order valence-corrected chi connectivity index (χ3v) is 7.66. The van der Waals surface area contributed by atoms with Crippen molar-refractivity contribution in [3.63, 3.8) is 0 Å². The molecule has 1 aliphatic rings. The summed E-state index contributed by atoms with van der Waals surface area (Å²) in [6.07, 6.45) is -3.57. The summed E-state index contributed by atoms with van der Waals surface area (Å²) in [5.74, 6) is -2.89. The number of alkyl halides is 3. The van der Waals surface area contributed by atoms with Gasteiger partial charge in [-0.1, -0.05) is 23.7 Å². The number of anilines is 1. The number of nitrogens with one attached hydrogen (secondary N) is 2. The van der Waals surface area contributed by atoms with E-state index in [1.54, 1.807) is 24.3 Å². The van der Waals surface area contributed by atoms with Crippen molar-refractivity contribution in [1.82, 2.24) is 14.9 Å². The van der Waals surface area contributed by atoms with Gasteiger partial charge in [0.15, 0.2) is 0 Å². The molecule has 1 atom stereocenters. The first-order valence-electron chi connectivity index (χ1n) is 13.0. The van der Waals surface area contributed by atoms with Crippen molar-refractivity contribution in [3.8, 4) is 5.75 Å². The lowest BCUT2D eigenvalue weighted by Crippen LogP contribution is -2.29. The molecular weight excluding hydrogens is 607 g/mol. The average molecular weight is 627 g/mol. The molecule has 5 aromatic rings. The Hall–Kier alpha value is -4.97. The van der Waals surface area contributed by atoms with Gasteiger partial charge in [0.1, 0.15) is 22.9 Å². The van der Waals surface area contributed by atoms with Crippen LogP contribution in [-0.2, 0) is 12.7 Å². The molecule has 0 saturated carbocycles. The second-order valence-electron chi connectivity index (χ2n) is 10.0. The normalized spacial score (nSPS) is 14.7. The lowest BCUT2D eigenvalue weighted by molar-refractivity contribution is -0.137. The smallest absolute Gasteiger partial charge is 0.416 e. The summed E-state index contributed by atoms with van der Waals surface area (Å²) in [6, 6.07) is 12.4. The van der Waals surface area contributed by atoms with E-state index in [0.29, 0.717) is 29.0 Å². The Morgan fingerprint density at radius 2 is 1.80 bits per heavy atom. The third kappa shape index (κ3) is 5.21. The number of carbonyl (C=O) groups is 2. The Balaban J connectivity index is 1.52. The number of H-pyrrole nitrogens is 1. The van der Waals surface area contributed by atoms with E-state index in [2.05, 4.69) is 15.3 Å². The van der Waals surface area contributed by atoms with Gasteiger partial charge in [-0.05, 0) is 60.2 Å². The molecule has 224 valence electrons. The second kappa shape index (κ2) is 10.9. The predicted octanol–water partition coefficient (Wildman–Crippen LogP) is 7.52. The first kappa shape index (κ1) is 29.1. The van der Waals surface area contributed by atoms with E-state index in [4.69, 9.17) is 16.3 Å². The number of ether oxygens (including phenoxy) is 1. The minimum Gasteiger partial charge on any atom is -0.497 e. The molecule has 7 nitrogen and oxygen atoms in total. The Morgan fingerprint density at radius 1 is 1.05 bits per heavy atom. The number of aromatic amines is 1. The molecule has 0 aliphatic carbocycles. The number of amides is 2. The van der Waals surface area contributed by atoms with Gasteiger partial charge in [-0.2, -0.15) is 13.2 Å². The Kier molecular flexibility index (Phi) is 7.24. The molecule has 2 N–H and O–H groups in total. The molecule has 0 radical (unpaired) electrons. The number of rotatable bonds is 6. The zero-order valence-corrected chi connectivity index (χ0v) is 23.4. The maximum Gasteiger partial charge on any atom is 0.416 e. The van der Waals surface area contributed by atoms with Crippen molar-refractivity contribution < 1.29 is 36.3 Å². The van der Waals surface area contributed by atoms with Gasteiger partial charge < -0.3 is 19.9 Å². The largest absolute Gasteiger partial charge is 0.497 e. The number of imidazole rings is 1. The second-order valence-corrected chi connectivity index (χ2v) is 10.4. The van der Waals surface area contributed by atoms with Gasteiger partial charge in [0, 0.05) is 33.9 Å². The van der Waals surface area contributed by atoms with Crippen LogP contribution < -0.4 is 10.1 Å². The molecule has 6 rings (SSSR count). The number of carbonyl (C=O) groups excluding carboxylic acids is 2. The SMILES string of the molecule is COc1ccc(CN2C(=O)c3c(c(NC(=O)c4cc(F)cc(C(F)(F)F)c4)cc4[nH]cnc34)C2c2cc(F)ccc2Cl)cc1. The van der Waals surface area contributed by atoms with Crippen LogP contribution in [0.5, 0.6) is 5.75 Å². The fraction of sp³-hybridized carbons (Fsp3) is 0.129. The van der Waals surface area contributed by atoms with E-state index in [1.165, 1.54) is 36.5 Å². The quantitative estimate of drug-likeness (QED) is 0.191. The number of benzene rings is 4. The summed E-state index contributed by atoms with van der Waals surface area (Å²) in [7, 11) is 1.51. The summed E-state index contributed by atoms with van der Waals surface area (Å²) >= 11 is 6.55. The molecule has 0 bridgehead atoms. The van der Waals surface area contributed by atoms with Crippen molar-refractivity contribution in [2.24, 2.45) is 0 Å². The summed E-state index contributed by atoms with van der Waals surface area (Å²) in [6.45, 7) is 0.0210. The Labute approximate surface area is 251 Å². The molecule has 13 heteroatoms. The molecular formula is C31H20ClF5N4O3. The van der Waals surface area contributed by atoms with Gasteiger partial charge >= 0.3 is 6.18 Å². The van der Waals surface area contributed by atoms with Crippen molar-refractivity contribution in [2.75, 3.05) is 12.4 Å². The highest BCUT2D eigenvalue weighted by molar-refractivity contribution is 6.31. The van der Waals surface area contributed by atoms with Gasteiger partial charge in [-0.25, -0.2) is 13.8 Å². The molecule has 4 aromatic carbocycles. The number of aromatic nitrogens is 2. The van der Waals surface area contributed by atoms with Gasteiger partial charge in [0.05, 0.1) is 36.1 Å². The molecule has 2 heterocycles. The van der Waals surface area contributed by atoms with E-state index in [-0.39, 0.29) is 45.5 Å².